The summed E-state index contributed by atoms with van der Waals surface area (Å²) in [5.41, 5.74) is 1.81. The Morgan fingerprint density at radius 1 is 1.26 bits per heavy atom. The lowest BCUT2D eigenvalue weighted by Gasteiger charge is -2.08. The topological polar surface area (TPSA) is 71.3 Å². The Bertz CT molecular complexity index is 668. The Hall–Kier alpha value is -2.08. The van der Waals surface area contributed by atoms with E-state index in [9.17, 15) is 14.1 Å². The van der Waals surface area contributed by atoms with E-state index in [1.54, 1.807) is 31.6 Å². The molecule has 2 aromatic rings. The van der Waals surface area contributed by atoms with Gasteiger partial charge in [0.15, 0.2) is 5.75 Å². The molecule has 0 fully saturated rings. The van der Waals surface area contributed by atoms with Gasteiger partial charge in [-0.3, -0.25) is 4.79 Å². The Labute approximate surface area is 113 Å². The van der Waals surface area contributed by atoms with Crippen LogP contribution in [0.1, 0.15) is 0 Å². The van der Waals surface area contributed by atoms with Crippen molar-refractivity contribution in [3.63, 3.8) is 0 Å². The van der Waals surface area contributed by atoms with E-state index in [2.05, 4.69) is 4.72 Å². The van der Waals surface area contributed by atoms with E-state index in [0.717, 1.165) is 5.56 Å². The minimum absolute atomic E-state index is 0.294. The molecule has 0 bridgehead atoms. The van der Waals surface area contributed by atoms with Crippen molar-refractivity contribution in [2.24, 2.45) is 7.05 Å². The summed E-state index contributed by atoms with van der Waals surface area (Å²) >= 11 is 0. The zero-order chi connectivity index (χ0) is 14.0. The van der Waals surface area contributed by atoms with Crippen molar-refractivity contribution < 1.29 is 9.32 Å². The molecule has 100 valence electrons. The van der Waals surface area contributed by atoms with Gasteiger partial charge < -0.3 is 14.4 Å². The molecule has 0 amide bonds. The van der Waals surface area contributed by atoms with Gasteiger partial charge in [0, 0.05) is 30.8 Å². The van der Waals surface area contributed by atoms with Gasteiger partial charge in [0.25, 0.3) is 5.56 Å². The number of hydrogen-bond acceptors (Lipinski definition) is 3. The maximum absolute atomic E-state index is 11.4. The SMILES string of the molecule is Cn1cc(-c2cccc(NS(C)=O)c2)cc(O)c1=O. The van der Waals surface area contributed by atoms with E-state index >= 15 is 0 Å². The first-order valence-corrected chi connectivity index (χ1v) is 7.13. The number of benzene rings is 1. The normalized spacial score (nSPS) is 12.1. The second-order valence-corrected chi connectivity index (χ2v) is 5.28. The van der Waals surface area contributed by atoms with Crippen molar-refractivity contribution in [3.8, 4) is 16.9 Å². The van der Waals surface area contributed by atoms with Crippen molar-refractivity contribution in [1.29, 1.82) is 0 Å². The Balaban J connectivity index is 2.47. The van der Waals surface area contributed by atoms with Gasteiger partial charge in [-0.25, -0.2) is 4.21 Å². The highest BCUT2D eigenvalue weighted by molar-refractivity contribution is 7.85. The fourth-order valence-corrected chi connectivity index (χ4v) is 2.24. The summed E-state index contributed by atoms with van der Waals surface area (Å²) in [4.78, 5) is 11.4. The summed E-state index contributed by atoms with van der Waals surface area (Å²) in [5, 5.41) is 9.56. The van der Waals surface area contributed by atoms with Gasteiger partial charge in [0.05, 0.1) is 0 Å². The third-order valence-corrected chi connectivity index (χ3v) is 3.15. The largest absolute Gasteiger partial charge is 0.503 e. The number of nitrogens with zero attached hydrogens (tertiary/aromatic N) is 1. The molecule has 0 spiro atoms. The predicted octanol–water partition coefficient (Wildman–Crippen LogP) is 1.46. The third-order valence-electron chi connectivity index (χ3n) is 2.62. The predicted molar refractivity (Wildman–Crippen MR) is 76.5 cm³/mol. The van der Waals surface area contributed by atoms with E-state index in [4.69, 9.17) is 0 Å². The second-order valence-electron chi connectivity index (χ2n) is 4.17. The number of pyridine rings is 1. The number of hydrogen-bond donors (Lipinski definition) is 2. The maximum Gasteiger partial charge on any atom is 0.292 e. The molecule has 1 unspecified atom stereocenters. The van der Waals surface area contributed by atoms with Gasteiger partial charge in [0.2, 0.25) is 0 Å². The van der Waals surface area contributed by atoms with Crippen LogP contribution in [0.2, 0.25) is 0 Å². The molecule has 2 rings (SSSR count). The minimum Gasteiger partial charge on any atom is -0.503 e. The molecule has 0 saturated carbocycles. The van der Waals surface area contributed by atoms with Crippen LogP contribution < -0.4 is 10.3 Å². The van der Waals surface area contributed by atoms with E-state index in [1.165, 1.54) is 10.6 Å². The second kappa shape index (κ2) is 5.27. The Morgan fingerprint density at radius 3 is 2.63 bits per heavy atom. The number of aromatic nitrogens is 1. The molecule has 19 heavy (non-hydrogen) atoms. The van der Waals surface area contributed by atoms with Crippen molar-refractivity contribution in [2.45, 2.75) is 0 Å². The van der Waals surface area contributed by atoms with Crippen LogP contribution in [0.15, 0.2) is 41.3 Å². The van der Waals surface area contributed by atoms with Gasteiger partial charge in [-0.15, -0.1) is 0 Å². The van der Waals surface area contributed by atoms with Crippen LogP contribution in [0.25, 0.3) is 11.1 Å². The number of rotatable bonds is 3. The van der Waals surface area contributed by atoms with Crippen LogP contribution >= 0.6 is 0 Å². The van der Waals surface area contributed by atoms with E-state index in [-0.39, 0.29) is 5.75 Å². The molecule has 0 saturated heterocycles. The third kappa shape index (κ3) is 3.03. The van der Waals surface area contributed by atoms with E-state index in [1.807, 2.05) is 12.1 Å². The summed E-state index contributed by atoms with van der Waals surface area (Å²) in [6.07, 6.45) is 3.19. The highest BCUT2D eigenvalue weighted by atomic mass is 32.2. The van der Waals surface area contributed by atoms with Crippen LogP contribution in [0.4, 0.5) is 5.69 Å². The van der Waals surface area contributed by atoms with Crippen LogP contribution in [0, 0.1) is 0 Å². The Kier molecular flexibility index (Phi) is 3.71. The van der Waals surface area contributed by atoms with Gasteiger partial charge in [-0.2, -0.15) is 0 Å². The zero-order valence-electron chi connectivity index (χ0n) is 10.6. The average Bonchev–Trinajstić information content (AvgIpc) is 2.35. The fourth-order valence-electron chi connectivity index (χ4n) is 1.78. The van der Waals surface area contributed by atoms with Crippen molar-refractivity contribution in [3.05, 3.63) is 46.9 Å². The summed E-state index contributed by atoms with van der Waals surface area (Å²) < 4.78 is 15.2. The zero-order valence-corrected chi connectivity index (χ0v) is 11.4. The summed E-state index contributed by atoms with van der Waals surface area (Å²) in [6, 6.07) is 8.69. The summed E-state index contributed by atoms with van der Waals surface area (Å²) in [6.45, 7) is 0. The highest BCUT2D eigenvalue weighted by Crippen LogP contribution is 2.23. The van der Waals surface area contributed by atoms with Crippen molar-refractivity contribution in [1.82, 2.24) is 4.57 Å². The molecule has 0 radical (unpaired) electrons. The first-order chi connectivity index (χ1) is 8.97. The molecule has 0 aliphatic rings. The molecule has 1 heterocycles. The molecule has 1 aromatic heterocycles. The van der Waals surface area contributed by atoms with E-state index < -0.39 is 16.5 Å². The molecular weight excluding hydrogens is 264 g/mol. The molecule has 0 aliphatic carbocycles. The number of aromatic hydroxyl groups is 1. The lowest BCUT2D eigenvalue weighted by molar-refractivity contribution is 0.461. The average molecular weight is 278 g/mol. The van der Waals surface area contributed by atoms with Gasteiger partial charge in [-0.1, -0.05) is 12.1 Å². The lowest BCUT2D eigenvalue weighted by atomic mass is 10.1. The van der Waals surface area contributed by atoms with E-state index in [0.29, 0.717) is 11.3 Å². The standard InChI is InChI=1S/C13H14N2O3S/c1-15-8-10(7-12(16)13(15)17)9-4-3-5-11(6-9)14-19(2)18/h3-8,14,16H,1-2H3. The molecule has 2 N–H and O–H groups in total. The van der Waals surface area contributed by atoms with Gasteiger partial charge >= 0.3 is 0 Å². The molecule has 6 heteroatoms. The first-order valence-electron chi connectivity index (χ1n) is 5.57. The monoisotopic (exact) mass is 278 g/mol. The molecule has 0 aliphatic heterocycles. The number of anilines is 1. The van der Waals surface area contributed by atoms with Crippen LogP contribution in [0.3, 0.4) is 0 Å². The minimum atomic E-state index is -1.15. The van der Waals surface area contributed by atoms with Crippen LogP contribution in [-0.4, -0.2) is 20.1 Å². The molecular formula is C13H14N2O3S. The van der Waals surface area contributed by atoms with Crippen molar-refractivity contribution >= 4 is 16.7 Å². The molecule has 5 nitrogen and oxygen atoms in total. The molecule has 1 aromatic carbocycles. The van der Waals surface area contributed by atoms with Crippen LogP contribution in [-0.2, 0) is 18.0 Å². The quantitative estimate of drug-likeness (QED) is 0.893. The Morgan fingerprint density at radius 2 is 2.00 bits per heavy atom. The number of aryl methyl sites for hydroxylation is 1. The maximum atomic E-state index is 11.4. The van der Waals surface area contributed by atoms with Crippen LogP contribution in [0.5, 0.6) is 5.75 Å². The lowest BCUT2D eigenvalue weighted by Crippen LogP contribution is -2.15. The molecule has 1 atom stereocenters. The van der Waals surface area contributed by atoms with Crippen molar-refractivity contribution in [2.75, 3.05) is 11.0 Å². The number of nitrogens with one attached hydrogen (secondary N) is 1. The summed E-state index contributed by atoms with van der Waals surface area (Å²) in [5.74, 6) is -0.294. The summed E-state index contributed by atoms with van der Waals surface area (Å²) in [7, 11) is 0.430. The first kappa shape index (κ1) is 13.4. The van der Waals surface area contributed by atoms with Gasteiger partial charge in [-0.05, 0) is 23.8 Å². The van der Waals surface area contributed by atoms with Gasteiger partial charge in [0.1, 0.15) is 11.0 Å². The fraction of sp³-hybridized carbons (Fsp3) is 0.154. The highest BCUT2D eigenvalue weighted by Gasteiger charge is 2.06. The smallest absolute Gasteiger partial charge is 0.292 e.